The van der Waals surface area contributed by atoms with Crippen LogP contribution in [0.3, 0.4) is 0 Å². The lowest BCUT2D eigenvalue weighted by Gasteiger charge is -2.28. The Labute approximate surface area is 124 Å². The third-order valence-corrected chi connectivity index (χ3v) is 2.97. The summed E-state index contributed by atoms with van der Waals surface area (Å²) in [6, 6.07) is 4.74. The molecule has 1 aromatic carbocycles. The van der Waals surface area contributed by atoms with E-state index in [-0.39, 0.29) is 18.3 Å². The van der Waals surface area contributed by atoms with Crippen LogP contribution in [-0.2, 0) is 4.79 Å². The van der Waals surface area contributed by atoms with Crippen LogP contribution in [0.4, 0.5) is 17.1 Å². The maximum absolute atomic E-state index is 11.2. The summed E-state index contributed by atoms with van der Waals surface area (Å²) >= 11 is 0. The number of nitrogens with zero attached hydrogens (tertiary/aromatic N) is 2. The number of nitro benzene ring substituents is 1. The standard InChI is InChI=1S/C14H22N4O3/c1-4-5-16-11-6-12(8-13(7-11)18(20)21)17(10(2)3)9-14(15)19/h6-8,10,16H,4-5,9H2,1-3H3,(H2,15,19). The number of non-ortho nitro benzene ring substituents is 1. The van der Waals surface area contributed by atoms with Gasteiger partial charge in [0.05, 0.1) is 11.5 Å². The number of hydrogen-bond acceptors (Lipinski definition) is 5. The molecule has 1 amide bonds. The Balaban J connectivity index is 3.20. The van der Waals surface area contributed by atoms with Gasteiger partial charge in [0.2, 0.25) is 5.91 Å². The van der Waals surface area contributed by atoms with Gasteiger partial charge in [-0.3, -0.25) is 14.9 Å². The number of hydrogen-bond donors (Lipinski definition) is 2. The molecule has 0 fully saturated rings. The van der Waals surface area contributed by atoms with E-state index in [0.717, 1.165) is 13.0 Å². The van der Waals surface area contributed by atoms with Crippen molar-refractivity contribution in [1.29, 1.82) is 0 Å². The van der Waals surface area contributed by atoms with Crippen molar-refractivity contribution in [2.75, 3.05) is 23.3 Å². The van der Waals surface area contributed by atoms with Gasteiger partial charge in [-0.25, -0.2) is 0 Å². The number of nitro groups is 1. The van der Waals surface area contributed by atoms with Crippen molar-refractivity contribution < 1.29 is 9.72 Å². The second-order valence-corrected chi connectivity index (χ2v) is 5.11. The molecule has 0 aliphatic carbocycles. The Bertz CT molecular complexity index is 517. The van der Waals surface area contributed by atoms with Crippen LogP contribution in [-0.4, -0.2) is 30.0 Å². The van der Waals surface area contributed by atoms with Gasteiger partial charge < -0.3 is 16.0 Å². The van der Waals surface area contributed by atoms with Crippen LogP contribution in [0.1, 0.15) is 27.2 Å². The summed E-state index contributed by atoms with van der Waals surface area (Å²) in [4.78, 5) is 23.6. The molecule has 0 unspecified atom stereocenters. The lowest BCUT2D eigenvalue weighted by atomic mass is 10.2. The monoisotopic (exact) mass is 294 g/mol. The van der Waals surface area contributed by atoms with E-state index in [1.54, 1.807) is 11.0 Å². The minimum atomic E-state index is -0.474. The van der Waals surface area contributed by atoms with E-state index >= 15 is 0 Å². The number of carbonyl (C=O) groups excluding carboxylic acids is 1. The smallest absolute Gasteiger partial charge is 0.273 e. The lowest BCUT2D eigenvalue weighted by molar-refractivity contribution is -0.384. The molecule has 7 nitrogen and oxygen atoms in total. The van der Waals surface area contributed by atoms with E-state index in [2.05, 4.69) is 5.32 Å². The molecule has 0 saturated carbocycles. The minimum Gasteiger partial charge on any atom is -0.385 e. The molecule has 0 aliphatic rings. The van der Waals surface area contributed by atoms with Gasteiger partial charge >= 0.3 is 0 Å². The molecule has 116 valence electrons. The first-order valence-electron chi connectivity index (χ1n) is 6.93. The predicted octanol–water partition coefficient (Wildman–Crippen LogP) is 2.12. The normalized spacial score (nSPS) is 10.5. The zero-order valence-electron chi connectivity index (χ0n) is 12.6. The number of nitrogens with one attached hydrogen (secondary N) is 1. The van der Waals surface area contributed by atoms with Crippen LogP contribution < -0.4 is 16.0 Å². The van der Waals surface area contributed by atoms with E-state index in [1.807, 2.05) is 20.8 Å². The summed E-state index contributed by atoms with van der Waals surface area (Å²) in [5.74, 6) is -0.474. The topological polar surface area (TPSA) is 102 Å². The molecule has 0 heterocycles. The first-order valence-corrected chi connectivity index (χ1v) is 6.93. The molecule has 0 spiro atoms. The zero-order chi connectivity index (χ0) is 16.0. The third kappa shape index (κ3) is 4.94. The first-order chi connectivity index (χ1) is 9.85. The van der Waals surface area contributed by atoms with Crippen LogP contribution in [0.5, 0.6) is 0 Å². The Kier molecular flexibility index (Phi) is 5.95. The van der Waals surface area contributed by atoms with E-state index in [0.29, 0.717) is 11.4 Å². The van der Waals surface area contributed by atoms with Gasteiger partial charge in [-0.05, 0) is 26.3 Å². The van der Waals surface area contributed by atoms with Crippen LogP contribution in [0.25, 0.3) is 0 Å². The Morgan fingerprint density at radius 2 is 2.10 bits per heavy atom. The average molecular weight is 294 g/mol. The molecular formula is C14H22N4O3. The summed E-state index contributed by atoms with van der Waals surface area (Å²) in [5, 5.41) is 14.2. The molecule has 0 saturated heterocycles. The molecule has 0 atom stereocenters. The maximum Gasteiger partial charge on any atom is 0.273 e. The highest BCUT2D eigenvalue weighted by molar-refractivity contribution is 5.80. The lowest BCUT2D eigenvalue weighted by Crippen LogP contribution is -2.38. The molecule has 7 heteroatoms. The number of carbonyl (C=O) groups is 1. The zero-order valence-corrected chi connectivity index (χ0v) is 12.6. The van der Waals surface area contributed by atoms with Crippen molar-refractivity contribution in [2.45, 2.75) is 33.2 Å². The summed E-state index contributed by atoms with van der Waals surface area (Å²) in [6.45, 7) is 6.56. The fourth-order valence-electron chi connectivity index (χ4n) is 1.98. The molecular weight excluding hydrogens is 272 g/mol. The predicted molar refractivity (Wildman–Crippen MR) is 83.6 cm³/mol. The summed E-state index contributed by atoms with van der Waals surface area (Å²) in [5.41, 5.74) is 6.51. The number of rotatable bonds is 8. The highest BCUT2D eigenvalue weighted by Crippen LogP contribution is 2.28. The van der Waals surface area contributed by atoms with Crippen LogP contribution in [0.15, 0.2) is 18.2 Å². The molecule has 21 heavy (non-hydrogen) atoms. The van der Waals surface area contributed by atoms with Gasteiger partial charge in [-0.1, -0.05) is 6.92 Å². The number of primary amides is 1. The van der Waals surface area contributed by atoms with Crippen LogP contribution in [0, 0.1) is 10.1 Å². The second-order valence-electron chi connectivity index (χ2n) is 5.11. The summed E-state index contributed by atoms with van der Waals surface area (Å²) < 4.78 is 0. The van der Waals surface area contributed by atoms with E-state index in [1.165, 1.54) is 12.1 Å². The highest BCUT2D eigenvalue weighted by Gasteiger charge is 2.18. The van der Waals surface area contributed by atoms with Gasteiger partial charge in [0.1, 0.15) is 0 Å². The van der Waals surface area contributed by atoms with Gasteiger partial charge in [0.15, 0.2) is 0 Å². The molecule has 0 bridgehead atoms. The van der Waals surface area contributed by atoms with Crippen LogP contribution >= 0.6 is 0 Å². The van der Waals surface area contributed by atoms with E-state index in [9.17, 15) is 14.9 Å². The Hall–Kier alpha value is -2.31. The maximum atomic E-state index is 11.2. The molecule has 0 radical (unpaired) electrons. The van der Waals surface area contributed by atoms with Crippen molar-refractivity contribution in [3.05, 3.63) is 28.3 Å². The second kappa shape index (κ2) is 7.47. The van der Waals surface area contributed by atoms with Crippen LogP contribution in [0.2, 0.25) is 0 Å². The van der Waals surface area contributed by atoms with Crippen molar-refractivity contribution >= 4 is 23.0 Å². The van der Waals surface area contributed by atoms with Gasteiger partial charge in [-0.15, -0.1) is 0 Å². The summed E-state index contributed by atoms with van der Waals surface area (Å²) in [7, 11) is 0. The van der Waals surface area contributed by atoms with E-state index < -0.39 is 10.8 Å². The fraction of sp³-hybridized carbons (Fsp3) is 0.500. The summed E-state index contributed by atoms with van der Waals surface area (Å²) in [6.07, 6.45) is 0.910. The van der Waals surface area contributed by atoms with Gasteiger partial charge in [0.25, 0.3) is 5.69 Å². The fourth-order valence-corrected chi connectivity index (χ4v) is 1.98. The van der Waals surface area contributed by atoms with Gasteiger partial charge in [-0.2, -0.15) is 0 Å². The Morgan fingerprint density at radius 1 is 1.43 bits per heavy atom. The highest BCUT2D eigenvalue weighted by atomic mass is 16.6. The van der Waals surface area contributed by atoms with Crippen molar-refractivity contribution in [3.8, 4) is 0 Å². The average Bonchev–Trinajstić information content (AvgIpc) is 2.41. The number of nitrogens with two attached hydrogens (primary N) is 1. The van der Waals surface area contributed by atoms with E-state index in [4.69, 9.17) is 5.73 Å². The molecule has 1 aromatic rings. The van der Waals surface area contributed by atoms with Crippen molar-refractivity contribution in [1.82, 2.24) is 0 Å². The molecule has 3 N–H and O–H groups in total. The molecule has 1 rings (SSSR count). The minimum absolute atomic E-state index is 0.00136. The van der Waals surface area contributed by atoms with Crippen molar-refractivity contribution in [3.63, 3.8) is 0 Å². The quantitative estimate of drug-likeness (QED) is 0.565. The molecule has 0 aromatic heterocycles. The number of anilines is 2. The number of amides is 1. The third-order valence-electron chi connectivity index (χ3n) is 2.97. The Morgan fingerprint density at radius 3 is 2.57 bits per heavy atom. The van der Waals surface area contributed by atoms with Crippen molar-refractivity contribution in [2.24, 2.45) is 5.73 Å². The number of benzene rings is 1. The first kappa shape index (κ1) is 16.7. The van der Waals surface area contributed by atoms with Gasteiger partial charge in [0, 0.05) is 36.1 Å². The molecule has 0 aliphatic heterocycles. The SMILES string of the molecule is CCCNc1cc(N(CC(N)=O)C(C)C)cc([N+](=O)[O-])c1. The largest absolute Gasteiger partial charge is 0.385 e.